The molecule has 1 aromatic carbocycles. The summed E-state index contributed by atoms with van der Waals surface area (Å²) in [5.41, 5.74) is 3.05. The van der Waals surface area contributed by atoms with E-state index in [2.05, 4.69) is 44.3 Å². The Morgan fingerprint density at radius 3 is 2.56 bits per heavy atom. The number of aliphatic hydroxyl groups is 1. The Kier molecular flexibility index (Phi) is 4.08. The fourth-order valence-electron chi connectivity index (χ4n) is 3.11. The van der Waals surface area contributed by atoms with E-state index < -0.39 is 5.60 Å². The molecule has 0 radical (unpaired) electrons. The highest BCUT2D eigenvalue weighted by Gasteiger charge is 2.35. The zero-order chi connectivity index (χ0) is 13.2. The van der Waals surface area contributed by atoms with Gasteiger partial charge in [0.2, 0.25) is 0 Å². The summed E-state index contributed by atoms with van der Waals surface area (Å²) in [6.45, 7) is 7.41. The van der Waals surface area contributed by atoms with Crippen molar-refractivity contribution in [2.45, 2.75) is 58.1 Å². The van der Waals surface area contributed by atoms with Crippen LogP contribution in [0.25, 0.3) is 0 Å². The highest BCUT2D eigenvalue weighted by Crippen LogP contribution is 2.39. The van der Waals surface area contributed by atoms with Crippen molar-refractivity contribution >= 4 is 0 Å². The molecule has 0 unspecified atom stereocenters. The van der Waals surface area contributed by atoms with Gasteiger partial charge in [0.1, 0.15) is 0 Å². The number of rotatable bonds is 3. The first-order chi connectivity index (χ1) is 8.57. The molecule has 2 rings (SSSR count). The maximum atomic E-state index is 10.9. The van der Waals surface area contributed by atoms with E-state index in [9.17, 15) is 5.11 Å². The Bertz CT molecular complexity index is 406. The van der Waals surface area contributed by atoms with Gasteiger partial charge < -0.3 is 10.4 Å². The summed E-state index contributed by atoms with van der Waals surface area (Å²) in [5, 5.41) is 14.4. The van der Waals surface area contributed by atoms with E-state index in [0.717, 1.165) is 37.8 Å². The topological polar surface area (TPSA) is 32.3 Å². The summed E-state index contributed by atoms with van der Waals surface area (Å²) >= 11 is 0. The Hall–Kier alpha value is -0.860. The molecule has 0 spiro atoms. The third-order valence-electron chi connectivity index (χ3n) is 4.41. The predicted molar refractivity (Wildman–Crippen MR) is 75.7 cm³/mol. The van der Waals surface area contributed by atoms with Gasteiger partial charge in [0.15, 0.2) is 0 Å². The van der Waals surface area contributed by atoms with Crippen LogP contribution in [0.15, 0.2) is 18.2 Å². The van der Waals surface area contributed by atoms with Crippen LogP contribution in [0.3, 0.4) is 0 Å². The smallest absolute Gasteiger partial charge is 0.0900 e. The van der Waals surface area contributed by atoms with Crippen LogP contribution in [-0.2, 0) is 5.60 Å². The first-order valence-corrected chi connectivity index (χ1v) is 7.09. The molecule has 100 valence electrons. The van der Waals surface area contributed by atoms with Gasteiger partial charge in [0.25, 0.3) is 0 Å². The fraction of sp³-hybridized carbons (Fsp3) is 0.625. The van der Waals surface area contributed by atoms with E-state index in [-0.39, 0.29) is 0 Å². The first-order valence-electron chi connectivity index (χ1n) is 7.09. The maximum absolute atomic E-state index is 10.9. The molecule has 1 fully saturated rings. The molecule has 2 N–H and O–H groups in total. The molecule has 0 amide bonds. The number of nitrogens with one attached hydrogen (secondary N) is 1. The largest absolute Gasteiger partial charge is 0.385 e. The molecular formula is C16H25NO. The van der Waals surface area contributed by atoms with Crippen LogP contribution >= 0.6 is 0 Å². The lowest BCUT2D eigenvalue weighted by molar-refractivity contribution is -0.00872. The molecule has 0 aromatic heterocycles. The summed E-state index contributed by atoms with van der Waals surface area (Å²) in [6, 6.07) is 6.86. The molecule has 1 aliphatic carbocycles. The zero-order valence-electron chi connectivity index (χ0n) is 11.8. The van der Waals surface area contributed by atoms with Crippen molar-refractivity contribution in [3.8, 4) is 0 Å². The Labute approximate surface area is 110 Å². The second kappa shape index (κ2) is 5.41. The minimum atomic E-state index is -0.609. The third kappa shape index (κ3) is 2.60. The SMILES string of the molecule is CCNC1CCC(O)(c2cccc(C)c2C)CC1. The van der Waals surface area contributed by atoms with Crippen molar-refractivity contribution in [3.05, 3.63) is 34.9 Å². The van der Waals surface area contributed by atoms with E-state index in [4.69, 9.17) is 0 Å². The monoisotopic (exact) mass is 247 g/mol. The van der Waals surface area contributed by atoms with Gasteiger partial charge >= 0.3 is 0 Å². The van der Waals surface area contributed by atoms with E-state index in [0.29, 0.717) is 6.04 Å². The van der Waals surface area contributed by atoms with E-state index >= 15 is 0 Å². The number of hydrogen-bond acceptors (Lipinski definition) is 2. The van der Waals surface area contributed by atoms with Gasteiger partial charge in [-0.25, -0.2) is 0 Å². The molecule has 0 heterocycles. The summed E-state index contributed by atoms with van der Waals surface area (Å²) < 4.78 is 0. The summed E-state index contributed by atoms with van der Waals surface area (Å²) in [4.78, 5) is 0. The van der Waals surface area contributed by atoms with Crippen LogP contribution in [0, 0.1) is 13.8 Å². The Balaban J connectivity index is 2.16. The van der Waals surface area contributed by atoms with Gasteiger partial charge in [0.05, 0.1) is 5.60 Å². The molecule has 1 saturated carbocycles. The van der Waals surface area contributed by atoms with Gasteiger partial charge in [-0.2, -0.15) is 0 Å². The average Bonchev–Trinajstić information content (AvgIpc) is 2.36. The highest BCUT2D eigenvalue weighted by molar-refractivity contribution is 5.37. The molecule has 1 aliphatic rings. The normalized spacial score (nSPS) is 28.3. The molecule has 0 saturated heterocycles. The average molecular weight is 247 g/mol. The summed E-state index contributed by atoms with van der Waals surface area (Å²) in [7, 11) is 0. The van der Waals surface area contributed by atoms with Gasteiger partial charge in [-0.3, -0.25) is 0 Å². The standard InChI is InChI=1S/C16H25NO/c1-4-17-14-8-10-16(18,11-9-14)15-7-5-6-12(2)13(15)3/h5-7,14,17-18H,4,8-11H2,1-3H3. The zero-order valence-corrected chi connectivity index (χ0v) is 11.8. The van der Waals surface area contributed by atoms with Crippen molar-refractivity contribution in [2.75, 3.05) is 6.54 Å². The summed E-state index contributed by atoms with van der Waals surface area (Å²) in [6.07, 6.45) is 3.87. The van der Waals surface area contributed by atoms with E-state index in [1.54, 1.807) is 0 Å². The van der Waals surface area contributed by atoms with Crippen molar-refractivity contribution in [1.29, 1.82) is 0 Å². The van der Waals surface area contributed by atoms with Gasteiger partial charge in [-0.1, -0.05) is 25.1 Å². The number of benzene rings is 1. The van der Waals surface area contributed by atoms with Crippen LogP contribution in [0.1, 0.15) is 49.3 Å². The maximum Gasteiger partial charge on any atom is 0.0900 e. The first kappa shape index (κ1) is 13.6. The highest BCUT2D eigenvalue weighted by atomic mass is 16.3. The van der Waals surface area contributed by atoms with E-state index in [1.165, 1.54) is 11.1 Å². The lowest BCUT2D eigenvalue weighted by Gasteiger charge is -2.37. The second-order valence-corrected chi connectivity index (χ2v) is 5.61. The fourth-order valence-corrected chi connectivity index (χ4v) is 3.11. The molecule has 1 aromatic rings. The van der Waals surface area contributed by atoms with E-state index in [1.807, 2.05) is 0 Å². The summed E-state index contributed by atoms with van der Waals surface area (Å²) in [5.74, 6) is 0. The van der Waals surface area contributed by atoms with Crippen molar-refractivity contribution < 1.29 is 5.11 Å². The van der Waals surface area contributed by atoms with Crippen LogP contribution in [0.5, 0.6) is 0 Å². The lowest BCUT2D eigenvalue weighted by Crippen LogP contribution is -2.40. The van der Waals surface area contributed by atoms with Gasteiger partial charge in [0, 0.05) is 6.04 Å². The van der Waals surface area contributed by atoms with Crippen molar-refractivity contribution in [3.63, 3.8) is 0 Å². The predicted octanol–water partition coefficient (Wildman–Crippen LogP) is 3.04. The van der Waals surface area contributed by atoms with Crippen LogP contribution in [0.4, 0.5) is 0 Å². The molecule has 2 heteroatoms. The number of hydrogen-bond donors (Lipinski definition) is 2. The number of aryl methyl sites for hydroxylation is 1. The Morgan fingerprint density at radius 2 is 1.94 bits per heavy atom. The minimum Gasteiger partial charge on any atom is -0.385 e. The van der Waals surface area contributed by atoms with Crippen LogP contribution in [0.2, 0.25) is 0 Å². The lowest BCUT2D eigenvalue weighted by atomic mass is 9.76. The third-order valence-corrected chi connectivity index (χ3v) is 4.41. The van der Waals surface area contributed by atoms with Crippen molar-refractivity contribution in [2.24, 2.45) is 0 Å². The molecule has 0 bridgehead atoms. The molecule has 0 atom stereocenters. The molecule has 2 nitrogen and oxygen atoms in total. The molecule has 0 aliphatic heterocycles. The molecular weight excluding hydrogens is 222 g/mol. The van der Waals surface area contributed by atoms with Crippen LogP contribution < -0.4 is 5.32 Å². The minimum absolute atomic E-state index is 0.584. The quantitative estimate of drug-likeness (QED) is 0.860. The van der Waals surface area contributed by atoms with Crippen molar-refractivity contribution in [1.82, 2.24) is 5.32 Å². The molecule has 18 heavy (non-hydrogen) atoms. The van der Waals surface area contributed by atoms with Crippen LogP contribution in [-0.4, -0.2) is 17.7 Å². The second-order valence-electron chi connectivity index (χ2n) is 5.61. The van der Waals surface area contributed by atoms with Gasteiger partial charge in [-0.15, -0.1) is 0 Å². The Morgan fingerprint density at radius 1 is 1.28 bits per heavy atom. The van der Waals surface area contributed by atoms with Gasteiger partial charge in [-0.05, 0) is 62.8 Å².